The fourth-order valence-electron chi connectivity index (χ4n) is 8.09. The van der Waals surface area contributed by atoms with Crippen LogP contribution in [0.25, 0.3) is 0 Å². The van der Waals surface area contributed by atoms with Gasteiger partial charge in [0.1, 0.15) is 11.8 Å². The van der Waals surface area contributed by atoms with Crippen LogP contribution in [0, 0.1) is 11.8 Å². The summed E-state index contributed by atoms with van der Waals surface area (Å²) >= 11 is 1.68. The van der Waals surface area contributed by atoms with Crippen LogP contribution in [0.4, 0.5) is 5.69 Å². The third-order valence-electron chi connectivity index (χ3n) is 9.99. The van der Waals surface area contributed by atoms with Gasteiger partial charge in [-0.25, -0.2) is 0 Å². The molecule has 3 saturated heterocycles. The van der Waals surface area contributed by atoms with E-state index in [0.29, 0.717) is 32.5 Å². The van der Waals surface area contributed by atoms with Crippen LogP contribution in [0.1, 0.15) is 65.2 Å². The summed E-state index contributed by atoms with van der Waals surface area (Å²) in [4.78, 5) is 49.1. The number of likely N-dealkylation sites (tertiary alicyclic amines) is 1. The fourth-order valence-corrected chi connectivity index (χ4v) is 10.3. The number of anilines is 1. The number of carbonyl (C=O) groups is 3. The molecule has 1 N–H and O–H groups in total. The van der Waals surface area contributed by atoms with Crippen molar-refractivity contribution in [2.75, 3.05) is 31.2 Å². The molecule has 2 bridgehead atoms. The minimum absolute atomic E-state index is 0.0503. The first-order valence-corrected chi connectivity index (χ1v) is 16.9. The number of hydrogen-bond acceptors (Lipinski definition) is 6. The smallest absolute Gasteiger partial charge is 0.247 e. The lowest BCUT2D eigenvalue weighted by atomic mass is 9.70. The molecule has 6 atom stereocenters. The summed E-state index contributed by atoms with van der Waals surface area (Å²) in [6.45, 7) is 12.8. The molecule has 0 aromatic heterocycles. The van der Waals surface area contributed by atoms with Crippen molar-refractivity contribution < 1.29 is 24.2 Å². The van der Waals surface area contributed by atoms with Crippen molar-refractivity contribution in [2.24, 2.45) is 11.8 Å². The normalized spacial score (nSPS) is 28.8. The van der Waals surface area contributed by atoms with Gasteiger partial charge in [-0.15, -0.1) is 24.9 Å². The second-order valence-electron chi connectivity index (χ2n) is 12.3. The Morgan fingerprint density at radius 2 is 1.79 bits per heavy atom. The van der Waals surface area contributed by atoms with Crippen LogP contribution in [0.5, 0.6) is 5.75 Å². The Morgan fingerprint density at radius 1 is 1.09 bits per heavy atom. The summed E-state index contributed by atoms with van der Waals surface area (Å²) in [5.74, 6) is -0.778. The summed E-state index contributed by atoms with van der Waals surface area (Å²) in [7, 11) is 0. The second-order valence-corrected chi connectivity index (χ2v) is 13.9. The van der Waals surface area contributed by atoms with Crippen LogP contribution in [-0.4, -0.2) is 87.1 Å². The molecule has 1 saturated carbocycles. The number of benzene rings is 1. The average molecular weight is 610 g/mol. The summed E-state index contributed by atoms with van der Waals surface area (Å²) in [5.41, 5.74) is 0.723. The topological polar surface area (TPSA) is 90.4 Å². The van der Waals surface area contributed by atoms with Crippen LogP contribution >= 0.6 is 11.8 Å². The highest BCUT2D eigenvalue weighted by molar-refractivity contribution is 8.02. The van der Waals surface area contributed by atoms with Gasteiger partial charge in [-0.2, -0.15) is 0 Å². The zero-order valence-electron chi connectivity index (χ0n) is 25.7. The quantitative estimate of drug-likeness (QED) is 0.323. The fraction of sp³-hybridized carbons (Fsp3) is 0.618. The molecule has 4 fully saturated rings. The zero-order valence-corrected chi connectivity index (χ0v) is 26.5. The Hall–Kier alpha value is -2.78. The number of carbonyl (C=O) groups excluding carboxylic acids is 3. The van der Waals surface area contributed by atoms with E-state index in [4.69, 9.17) is 4.74 Å². The van der Waals surface area contributed by atoms with Crippen molar-refractivity contribution in [3.05, 3.63) is 49.6 Å². The molecule has 1 aliphatic carbocycles. The lowest BCUT2D eigenvalue weighted by molar-refractivity contribution is -0.147. The maximum atomic E-state index is 14.7. The van der Waals surface area contributed by atoms with Crippen molar-refractivity contribution in [1.29, 1.82) is 0 Å². The van der Waals surface area contributed by atoms with Crippen LogP contribution in [0.15, 0.2) is 49.6 Å². The van der Waals surface area contributed by atoms with E-state index in [1.54, 1.807) is 33.7 Å². The summed E-state index contributed by atoms with van der Waals surface area (Å²) in [6.07, 6.45) is 10.7. The summed E-state index contributed by atoms with van der Waals surface area (Å²) < 4.78 is 4.90. The highest BCUT2D eigenvalue weighted by Gasteiger charge is 2.74. The number of amides is 3. The van der Waals surface area contributed by atoms with Crippen molar-refractivity contribution in [2.45, 2.75) is 93.3 Å². The van der Waals surface area contributed by atoms with Crippen molar-refractivity contribution >= 4 is 35.2 Å². The van der Waals surface area contributed by atoms with E-state index in [-0.39, 0.29) is 35.6 Å². The molecular weight excluding hydrogens is 562 g/mol. The molecule has 4 aliphatic rings. The van der Waals surface area contributed by atoms with Gasteiger partial charge >= 0.3 is 0 Å². The molecule has 1 spiro atoms. The van der Waals surface area contributed by atoms with Gasteiger partial charge < -0.3 is 24.5 Å². The predicted molar refractivity (Wildman–Crippen MR) is 171 cm³/mol. The van der Waals surface area contributed by atoms with Gasteiger partial charge in [0, 0.05) is 30.1 Å². The van der Waals surface area contributed by atoms with Crippen LogP contribution < -0.4 is 9.64 Å². The molecule has 2 unspecified atom stereocenters. The number of aliphatic hydroxyl groups is 1. The number of hydrogen-bond donors (Lipinski definition) is 1. The van der Waals surface area contributed by atoms with E-state index in [0.717, 1.165) is 43.5 Å². The van der Waals surface area contributed by atoms with Crippen LogP contribution in [0.3, 0.4) is 0 Å². The number of ether oxygens (including phenoxy) is 1. The second kappa shape index (κ2) is 13.5. The number of aliphatic hydroxyl groups excluding tert-OH is 1. The highest BCUT2D eigenvalue weighted by Crippen LogP contribution is 2.67. The van der Waals surface area contributed by atoms with E-state index in [1.807, 2.05) is 43.0 Å². The van der Waals surface area contributed by atoms with E-state index >= 15 is 0 Å². The molecule has 9 heteroatoms. The predicted octanol–water partition coefficient (Wildman–Crippen LogP) is 4.81. The SMILES string of the molecule is C=CCN(C(=O)[C@@H]1[C@H]2C(=O)N([C@@H](CC)CO)C(C(=O)N(CC=C)C3CCCCC3)C23CC[C@H]1S3)c1ccc(OCC)cc1. The van der Waals surface area contributed by atoms with E-state index < -0.39 is 28.7 Å². The maximum absolute atomic E-state index is 14.7. The molecule has 0 radical (unpaired) electrons. The van der Waals surface area contributed by atoms with Gasteiger partial charge in [0.15, 0.2) is 0 Å². The third kappa shape index (κ3) is 5.52. The van der Waals surface area contributed by atoms with E-state index in [1.165, 1.54) is 6.42 Å². The lowest BCUT2D eigenvalue weighted by Crippen LogP contribution is -2.59. The Morgan fingerprint density at radius 3 is 2.40 bits per heavy atom. The summed E-state index contributed by atoms with van der Waals surface area (Å²) in [5, 5.41) is 10.4. The highest BCUT2D eigenvalue weighted by atomic mass is 32.2. The zero-order chi connectivity index (χ0) is 30.7. The summed E-state index contributed by atoms with van der Waals surface area (Å²) in [6, 6.07) is 6.36. The van der Waals surface area contributed by atoms with E-state index in [2.05, 4.69) is 13.2 Å². The third-order valence-corrected chi connectivity index (χ3v) is 11.9. The van der Waals surface area contributed by atoms with Gasteiger partial charge in [-0.3, -0.25) is 14.4 Å². The molecule has 1 aromatic rings. The first-order valence-electron chi connectivity index (χ1n) is 16.0. The average Bonchev–Trinajstić information content (AvgIpc) is 3.67. The molecule has 3 heterocycles. The first-order chi connectivity index (χ1) is 20.9. The maximum Gasteiger partial charge on any atom is 0.247 e. The van der Waals surface area contributed by atoms with Crippen molar-refractivity contribution in [3.63, 3.8) is 0 Å². The molecule has 234 valence electrons. The minimum atomic E-state index is -0.713. The standard InChI is InChI=1S/C34H47N3O5S/c1-5-20-35(25-14-16-26(17-15-25)42-8-4)31(39)28-27-18-19-34(43-27)29(28)32(40)37(23(7-3)22-38)30(34)33(41)36(21-6-2)24-12-10-9-11-13-24/h5-6,14-17,23-24,27-30,38H,1-2,7-13,18-22H2,3-4H3/t23-,27+,28-,29-,30?,34?/m0/s1. The number of rotatable bonds is 13. The Bertz CT molecular complexity index is 1200. The number of nitrogens with zero attached hydrogens (tertiary/aromatic N) is 3. The Kier molecular flexibility index (Phi) is 9.91. The van der Waals surface area contributed by atoms with Gasteiger partial charge in [-0.1, -0.05) is 38.3 Å². The largest absolute Gasteiger partial charge is 0.494 e. The molecule has 8 nitrogen and oxygen atoms in total. The van der Waals surface area contributed by atoms with Gasteiger partial charge in [-0.05, 0) is 63.3 Å². The van der Waals surface area contributed by atoms with Crippen LogP contribution in [0.2, 0.25) is 0 Å². The van der Waals surface area contributed by atoms with Gasteiger partial charge in [0.05, 0.1) is 35.8 Å². The molecule has 3 aliphatic heterocycles. The Labute approximate surface area is 260 Å². The molecule has 5 rings (SSSR count). The Balaban J connectivity index is 1.53. The molecular formula is C34H47N3O5S. The van der Waals surface area contributed by atoms with Gasteiger partial charge in [0.2, 0.25) is 17.7 Å². The van der Waals surface area contributed by atoms with Crippen LogP contribution in [-0.2, 0) is 14.4 Å². The van der Waals surface area contributed by atoms with E-state index in [9.17, 15) is 19.5 Å². The first kappa shape index (κ1) is 31.6. The number of thioether (sulfide) groups is 1. The lowest BCUT2D eigenvalue weighted by Gasteiger charge is -2.42. The molecule has 1 aromatic carbocycles. The molecule has 43 heavy (non-hydrogen) atoms. The van der Waals surface area contributed by atoms with Crippen molar-refractivity contribution in [1.82, 2.24) is 9.80 Å². The minimum Gasteiger partial charge on any atom is -0.494 e. The van der Waals surface area contributed by atoms with Crippen molar-refractivity contribution in [3.8, 4) is 5.75 Å². The number of fused-ring (bicyclic) bond motifs is 1. The molecule has 3 amide bonds. The monoisotopic (exact) mass is 609 g/mol. The van der Waals surface area contributed by atoms with Gasteiger partial charge in [0.25, 0.3) is 0 Å².